The lowest BCUT2D eigenvalue weighted by Gasteiger charge is -2.18. The van der Waals surface area contributed by atoms with Crippen molar-refractivity contribution in [3.8, 4) is 11.3 Å². The summed E-state index contributed by atoms with van der Waals surface area (Å²) in [6, 6.07) is 31.8. The van der Waals surface area contributed by atoms with E-state index in [1.807, 2.05) is 91.9 Å². The van der Waals surface area contributed by atoms with Gasteiger partial charge in [-0.15, -0.1) is 0 Å². The Hall–Kier alpha value is -3.75. The van der Waals surface area contributed by atoms with Crippen LogP contribution in [-0.4, -0.2) is 10.8 Å². The van der Waals surface area contributed by atoms with Gasteiger partial charge >= 0.3 is 0 Å². The monoisotopic (exact) mass is 461 g/mol. The predicted molar refractivity (Wildman–Crippen MR) is 141 cm³/mol. The van der Waals surface area contributed by atoms with E-state index in [0.29, 0.717) is 28.3 Å². The molecule has 0 fully saturated rings. The number of nitrogens with zero attached hydrogens (tertiary/aromatic N) is 1. The Morgan fingerprint density at radius 2 is 1.53 bits per heavy atom. The van der Waals surface area contributed by atoms with Gasteiger partial charge in [0.15, 0.2) is 5.78 Å². The first-order valence-corrected chi connectivity index (χ1v) is 11.7. The fraction of sp³-hybridized carbons (Fsp3) is 0.0968. The fourth-order valence-electron chi connectivity index (χ4n) is 4.41. The normalized spacial score (nSPS) is 11.0. The van der Waals surface area contributed by atoms with Crippen molar-refractivity contribution < 1.29 is 4.79 Å². The second-order valence-electron chi connectivity index (χ2n) is 8.70. The third-order valence-corrected chi connectivity index (χ3v) is 6.35. The molecule has 0 N–H and O–H groups in total. The number of pyridine rings is 1. The van der Waals surface area contributed by atoms with Gasteiger partial charge in [0.1, 0.15) is 0 Å². The highest BCUT2D eigenvalue weighted by Crippen LogP contribution is 2.34. The number of carbonyl (C=O) groups is 1. The molecule has 0 atom stereocenters. The first-order valence-electron chi connectivity index (χ1n) is 11.3. The van der Waals surface area contributed by atoms with Crippen LogP contribution in [0.5, 0.6) is 0 Å². The third-order valence-electron chi connectivity index (χ3n) is 6.10. The van der Waals surface area contributed by atoms with Crippen LogP contribution in [0.1, 0.15) is 38.2 Å². The average Bonchev–Trinajstić information content (AvgIpc) is 2.85. The van der Waals surface area contributed by atoms with Crippen LogP contribution in [0.15, 0.2) is 97.1 Å². The van der Waals surface area contributed by atoms with E-state index in [9.17, 15) is 4.79 Å². The fourth-order valence-corrected chi connectivity index (χ4v) is 4.54. The SMILES string of the molecule is Cc1cccc(C(=O)c2c(-c3ccccc3)nc3ccc(C)cc3c2Cc2ccc(Cl)cc2)c1. The van der Waals surface area contributed by atoms with E-state index in [1.165, 1.54) is 0 Å². The van der Waals surface area contributed by atoms with E-state index in [2.05, 4.69) is 19.1 Å². The molecule has 0 unspecified atom stereocenters. The average molecular weight is 462 g/mol. The molecule has 0 aliphatic rings. The topological polar surface area (TPSA) is 30.0 Å². The van der Waals surface area contributed by atoms with Gasteiger partial charge in [0.2, 0.25) is 0 Å². The van der Waals surface area contributed by atoms with E-state index >= 15 is 0 Å². The summed E-state index contributed by atoms with van der Waals surface area (Å²) in [7, 11) is 0. The molecule has 4 aromatic carbocycles. The Morgan fingerprint density at radius 1 is 0.794 bits per heavy atom. The van der Waals surface area contributed by atoms with Crippen LogP contribution in [0, 0.1) is 13.8 Å². The maximum atomic E-state index is 14.1. The van der Waals surface area contributed by atoms with Gasteiger partial charge in [-0.1, -0.05) is 89.5 Å². The second-order valence-corrected chi connectivity index (χ2v) is 9.14. The molecule has 3 heteroatoms. The number of halogens is 1. The van der Waals surface area contributed by atoms with Crippen molar-refractivity contribution in [1.82, 2.24) is 4.98 Å². The lowest BCUT2D eigenvalue weighted by atomic mass is 9.87. The van der Waals surface area contributed by atoms with Gasteiger partial charge in [-0.3, -0.25) is 4.79 Å². The summed E-state index contributed by atoms with van der Waals surface area (Å²) < 4.78 is 0. The largest absolute Gasteiger partial charge is 0.289 e. The molecule has 1 heterocycles. The standard InChI is InChI=1S/C31H24ClNO/c1-20-7-6-10-24(17-20)31(34)29-27(19-22-12-14-25(32)15-13-22)26-18-21(2)11-16-28(26)33-30(29)23-8-4-3-5-9-23/h3-18H,19H2,1-2H3. The number of aromatic nitrogens is 1. The van der Waals surface area contributed by atoms with Gasteiger partial charge in [0.05, 0.1) is 16.8 Å². The van der Waals surface area contributed by atoms with Gasteiger partial charge in [0, 0.05) is 21.5 Å². The van der Waals surface area contributed by atoms with E-state index in [1.54, 1.807) is 0 Å². The smallest absolute Gasteiger partial charge is 0.195 e. The first-order chi connectivity index (χ1) is 16.5. The molecule has 5 rings (SSSR count). The van der Waals surface area contributed by atoms with Crippen LogP contribution in [0.4, 0.5) is 0 Å². The van der Waals surface area contributed by atoms with Crippen LogP contribution < -0.4 is 0 Å². The number of hydrogen-bond acceptors (Lipinski definition) is 2. The molecule has 166 valence electrons. The minimum atomic E-state index is -0.0116. The van der Waals surface area contributed by atoms with Gasteiger partial charge in [-0.2, -0.15) is 0 Å². The third kappa shape index (κ3) is 4.37. The summed E-state index contributed by atoms with van der Waals surface area (Å²) >= 11 is 6.15. The van der Waals surface area contributed by atoms with E-state index in [-0.39, 0.29) is 5.78 Å². The van der Waals surface area contributed by atoms with Crippen molar-refractivity contribution in [3.05, 3.63) is 135 Å². The zero-order valence-electron chi connectivity index (χ0n) is 19.2. The molecule has 2 nitrogen and oxygen atoms in total. The Labute approximate surface area is 204 Å². The molecule has 0 aliphatic heterocycles. The number of carbonyl (C=O) groups excluding carboxylic acids is 1. The van der Waals surface area contributed by atoms with Gasteiger partial charge < -0.3 is 0 Å². The molecular weight excluding hydrogens is 438 g/mol. The number of rotatable bonds is 5. The summed E-state index contributed by atoms with van der Waals surface area (Å²) in [6.07, 6.45) is 0.604. The highest BCUT2D eigenvalue weighted by Gasteiger charge is 2.23. The summed E-state index contributed by atoms with van der Waals surface area (Å²) in [5, 5.41) is 1.70. The van der Waals surface area contributed by atoms with Gasteiger partial charge in [-0.25, -0.2) is 4.98 Å². The predicted octanol–water partition coefficient (Wildman–Crippen LogP) is 7.99. The van der Waals surface area contributed by atoms with Gasteiger partial charge in [0.25, 0.3) is 0 Å². The minimum absolute atomic E-state index is 0.0116. The van der Waals surface area contributed by atoms with E-state index < -0.39 is 0 Å². The maximum Gasteiger partial charge on any atom is 0.195 e. The Balaban J connectivity index is 1.84. The second kappa shape index (κ2) is 9.24. The highest BCUT2D eigenvalue weighted by molar-refractivity contribution is 6.30. The van der Waals surface area contributed by atoms with Crippen LogP contribution in [0.3, 0.4) is 0 Å². The van der Waals surface area contributed by atoms with Crippen LogP contribution in [0.2, 0.25) is 5.02 Å². The molecule has 5 aromatic rings. The van der Waals surface area contributed by atoms with E-state index in [0.717, 1.165) is 38.7 Å². The molecular formula is C31H24ClNO. The molecule has 0 amide bonds. The lowest BCUT2D eigenvalue weighted by Crippen LogP contribution is -2.11. The lowest BCUT2D eigenvalue weighted by molar-refractivity contribution is 0.103. The number of aryl methyl sites for hydroxylation is 2. The molecule has 0 saturated carbocycles. The molecule has 0 spiro atoms. The first kappa shape index (κ1) is 22.1. The maximum absolute atomic E-state index is 14.1. The zero-order valence-corrected chi connectivity index (χ0v) is 19.9. The molecule has 1 aromatic heterocycles. The Morgan fingerprint density at radius 3 is 2.26 bits per heavy atom. The minimum Gasteiger partial charge on any atom is -0.289 e. The number of ketones is 1. The summed E-state index contributed by atoms with van der Waals surface area (Å²) in [4.78, 5) is 19.2. The van der Waals surface area contributed by atoms with E-state index in [4.69, 9.17) is 16.6 Å². The number of hydrogen-bond donors (Lipinski definition) is 0. The van der Waals surface area contributed by atoms with Crippen molar-refractivity contribution >= 4 is 28.3 Å². The summed E-state index contributed by atoms with van der Waals surface area (Å²) in [5.74, 6) is -0.0116. The van der Waals surface area contributed by atoms with Crippen molar-refractivity contribution in [1.29, 1.82) is 0 Å². The molecule has 0 radical (unpaired) electrons. The number of fused-ring (bicyclic) bond motifs is 1. The summed E-state index contributed by atoms with van der Waals surface area (Å²) in [6.45, 7) is 4.07. The number of benzene rings is 4. The Kier molecular flexibility index (Phi) is 6.00. The van der Waals surface area contributed by atoms with Crippen LogP contribution in [0.25, 0.3) is 22.2 Å². The molecule has 0 bridgehead atoms. The molecule has 34 heavy (non-hydrogen) atoms. The zero-order chi connectivity index (χ0) is 23.7. The molecule has 0 aliphatic carbocycles. The quantitative estimate of drug-likeness (QED) is 0.248. The van der Waals surface area contributed by atoms with Gasteiger partial charge in [-0.05, 0) is 61.7 Å². The van der Waals surface area contributed by atoms with Crippen LogP contribution in [-0.2, 0) is 6.42 Å². The molecule has 0 saturated heterocycles. The van der Waals surface area contributed by atoms with Crippen molar-refractivity contribution in [3.63, 3.8) is 0 Å². The van der Waals surface area contributed by atoms with Crippen LogP contribution >= 0.6 is 11.6 Å². The highest BCUT2D eigenvalue weighted by atomic mass is 35.5. The van der Waals surface area contributed by atoms with Crippen molar-refractivity contribution in [2.75, 3.05) is 0 Å². The summed E-state index contributed by atoms with van der Waals surface area (Å²) in [5.41, 5.74) is 8.12. The Bertz CT molecular complexity index is 1500. The van der Waals surface area contributed by atoms with Crippen molar-refractivity contribution in [2.45, 2.75) is 20.3 Å². The van der Waals surface area contributed by atoms with Crippen molar-refractivity contribution in [2.24, 2.45) is 0 Å².